The zero-order valence-corrected chi connectivity index (χ0v) is 9.75. The number of hydrogen-bond donors (Lipinski definition) is 2. The first kappa shape index (κ1) is 12.2. The lowest BCUT2D eigenvalue weighted by Gasteiger charge is -2.29. The summed E-state index contributed by atoms with van der Waals surface area (Å²) in [6.07, 6.45) is 7.26. The summed E-state index contributed by atoms with van der Waals surface area (Å²) >= 11 is 0. The minimum Gasteiger partial charge on any atom is -0.348 e. The molecule has 1 rings (SSSR count). The van der Waals surface area contributed by atoms with Gasteiger partial charge in [-0.1, -0.05) is 25.8 Å². The highest BCUT2D eigenvalue weighted by Crippen LogP contribution is 2.17. The van der Waals surface area contributed by atoms with E-state index in [9.17, 15) is 4.79 Å². The molecular weight excluding hydrogens is 188 g/mol. The molecule has 0 aromatic heterocycles. The van der Waals surface area contributed by atoms with Gasteiger partial charge in [0, 0.05) is 17.7 Å². The molecule has 1 aliphatic rings. The summed E-state index contributed by atoms with van der Waals surface area (Å²) in [6.45, 7) is 3.89. The molecule has 3 N–H and O–H groups in total. The van der Waals surface area contributed by atoms with Crippen LogP contribution in [-0.2, 0) is 4.79 Å². The molecule has 0 bridgehead atoms. The van der Waals surface area contributed by atoms with Gasteiger partial charge in [-0.15, -0.1) is 0 Å². The SMILES string of the molecule is CC/C=C(/C)C(=O)N[C@@H]1CCCC[C@H]1N. The molecule has 3 heteroatoms. The molecule has 1 aliphatic carbocycles. The molecule has 1 fully saturated rings. The molecule has 0 aliphatic heterocycles. The minimum absolute atomic E-state index is 0.0409. The second-order valence-corrected chi connectivity index (χ2v) is 4.32. The quantitative estimate of drug-likeness (QED) is 0.697. The van der Waals surface area contributed by atoms with Crippen LogP contribution in [0.15, 0.2) is 11.6 Å². The number of nitrogens with one attached hydrogen (secondary N) is 1. The van der Waals surface area contributed by atoms with E-state index in [4.69, 9.17) is 5.73 Å². The van der Waals surface area contributed by atoms with Crippen LogP contribution >= 0.6 is 0 Å². The highest BCUT2D eigenvalue weighted by Gasteiger charge is 2.23. The molecule has 0 saturated heterocycles. The van der Waals surface area contributed by atoms with Gasteiger partial charge in [0.1, 0.15) is 0 Å². The fourth-order valence-corrected chi connectivity index (χ4v) is 2.02. The van der Waals surface area contributed by atoms with E-state index in [0.29, 0.717) is 0 Å². The van der Waals surface area contributed by atoms with Crippen molar-refractivity contribution in [2.75, 3.05) is 0 Å². The first-order chi connectivity index (χ1) is 7.15. The van der Waals surface area contributed by atoms with Crippen molar-refractivity contribution in [3.05, 3.63) is 11.6 Å². The van der Waals surface area contributed by atoms with Gasteiger partial charge in [-0.3, -0.25) is 4.79 Å². The molecule has 0 aromatic rings. The van der Waals surface area contributed by atoms with Crippen LogP contribution in [0.1, 0.15) is 46.0 Å². The predicted molar refractivity (Wildman–Crippen MR) is 62.4 cm³/mol. The number of allylic oxidation sites excluding steroid dienone is 1. The van der Waals surface area contributed by atoms with E-state index in [1.807, 2.05) is 19.9 Å². The predicted octanol–water partition coefficient (Wildman–Crippen LogP) is 1.73. The van der Waals surface area contributed by atoms with Crippen LogP contribution in [0.2, 0.25) is 0 Å². The Morgan fingerprint density at radius 2 is 2.13 bits per heavy atom. The van der Waals surface area contributed by atoms with Crippen molar-refractivity contribution in [3.8, 4) is 0 Å². The lowest BCUT2D eigenvalue weighted by Crippen LogP contribution is -2.49. The van der Waals surface area contributed by atoms with Crippen LogP contribution in [0.4, 0.5) is 0 Å². The zero-order chi connectivity index (χ0) is 11.3. The summed E-state index contributed by atoms with van der Waals surface area (Å²) in [6, 6.07) is 0.309. The summed E-state index contributed by atoms with van der Waals surface area (Å²) in [4.78, 5) is 11.7. The van der Waals surface area contributed by atoms with E-state index >= 15 is 0 Å². The molecule has 15 heavy (non-hydrogen) atoms. The topological polar surface area (TPSA) is 55.1 Å². The van der Waals surface area contributed by atoms with Gasteiger partial charge in [0.05, 0.1) is 0 Å². The number of carbonyl (C=O) groups is 1. The van der Waals surface area contributed by atoms with Crippen LogP contribution in [0.25, 0.3) is 0 Å². The van der Waals surface area contributed by atoms with Gasteiger partial charge in [-0.25, -0.2) is 0 Å². The summed E-state index contributed by atoms with van der Waals surface area (Å²) in [7, 11) is 0. The molecule has 0 unspecified atom stereocenters. The van der Waals surface area contributed by atoms with E-state index in [-0.39, 0.29) is 18.0 Å². The van der Waals surface area contributed by atoms with E-state index in [0.717, 1.165) is 24.8 Å². The average molecular weight is 210 g/mol. The third kappa shape index (κ3) is 3.67. The normalized spacial score (nSPS) is 27.5. The van der Waals surface area contributed by atoms with E-state index < -0.39 is 0 Å². The lowest BCUT2D eigenvalue weighted by atomic mass is 9.91. The van der Waals surface area contributed by atoms with Crippen molar-refractivity contribution in [1.29, 1.82) is 0 Å². The van der Waals surface area contributed by atoms with E-state index in [1.165, 1.54) is 12.8 Å². The molecule has 0 spiro atoms. The Balaban J connectivity index is 2.46. The molecule has 0 aromatic carbocycles. The molecule has 0 heterocycles. The maximum atomic E-state index is 11.7. The van der Waals surface area contributed by atoms with Crippen molar-refractivity contribution < 1.29 is 4.79 Å². The summed E-state index contributed by atoms with van der Waals surface area (Å²) in [5.74, 6) is 0.0409. The highest BCUT2D eigenvalue weighted by molar-refractivity contribution is 5.92. The standard InChI is InChI=1S/C12H22N2O/c1-3-6-9(2)12(15)14-11-8-5-4-7-10(11)13/h6,10-11H,3-5,7-8,13H2,1-2H3,(H,14,15)/b9-6-/t10-,11-/m1/s1. The summed E-state index contributed by atoms with van der Waals surface area (Å²) < 4.78 is 0. The molecule has 0 radical (unpaired) electrons. The van der Waals surface area contributed by atoms with Gasteiger partial charge < -0.3 is 11.1 Å². The van der Waals surface area contributed by atoms with Crippen molar-refractivity contribution >= 4 is 5.91 Å². The third-order valence-corrected chi connectivity index (χ3v) is 3.00. The van der Waals surface area contributed by atoms with Crippen LogP contribution in [0.3, 0.4) is 0 Å². The van der Waals surface area contributed by atoms with Crippen molar-refractivity contribution in [3.63, 3.8) is 0 Å². The maximum Gasteiger partial charge on any atom is 0.246 e. The third-order valence-electron chi connectivity index (χ3n) is 3.00. The summed E-state index contributed by atoms with van der Waals surface area (Å²) in [5.41, 5.74) is 6.77. The first-order valence-electron chi connectivity index (χ1n) is 5.88. The monoisotopic (exact) mass is 210 g/mol. The van der Waals surface area contributed by atoms with Gasteiger partial charge >= 0.3 is 0 Å². The number of amides is 1. The zero-order valence-electron chi connectivity index (χ0n) is 9.75. The first-order valence-corrected chi connectivity index (χ1v) is 5.88. The van der Waals surface area contributed by atoms with Crippen LogP contribution in [-0.4, -0.2) is 18.0 Å². The Kier molecular flexibility index (Phi) is 4.82. The van der Waals surface area contributed by atoms with E-state index in [1.54, 1.807) is 0 Å². The number of carbonyl (C=O) groups excluding carboxylic acids is 1. The average Bonchev–Trinajstić information content (AvgIpc) is 2.21. The Morgan fingerprint density at radius 3 is 2.73 bits per heavy atom. The smallest absolute Gasteiger partial charge is 0.246 e. The van der Waals surface area contributed by atoms with Crippen LogP contribution < -0.4 is 11.1 Å². The molecule has 3 nitrogen and oxygen atoms in total. The van der Waals surface area contributed by atoms with Gasteiger partial charge in [-0.05, 0) is 26.2 Å². The largest absolute Gasteiger partial charge is 0.348 e. The molecule has 1 amide bonds. The number of rotatable bonds is 3. The minimum atomic E-state index is 0.0409. The van der Waals surface area contributed by atoms with Gasteiger partial charge in [0.25, 0.3) is 0 Å². The maximum absolute atomic E-state index is 11.7. The number of hydrogen-bond acceptors (Lipinski definition) is 2. The molecule has 2 atom stereocenters. The Bertz CT molecular complexity index is 248. The van der Waals surface area contributed by atoms with Crippen LogP contribution in [0.5, 0.6) is 0 Å². The Labute approximate surface area is 92.1 Å². The van der Waals surface area contributed by atoms with Crippen LogP contribution in [0, 0.1) is 0 Å². The molecule has 86 valence electrons. The second-order valence-electron chi connectivity index (χ2n) is 4.32. The van der Waals surface area contributed by atoms with Gasteiger partial charge in [-0.2, -0.15) is 0 Å². The lowest BCUT2D eigenvalue weighted by molar-refractivity contribution is -0.118. The Morgan fingerprint density at radius 1 is 1.47 bits per heavy atom. The van der Waals surface area contributed by atoms with Crippen molar-refractivity contribution in [1.82, 2.24) is 5.32 Å². The summed E-state index contributed by atoms with van der Waals surface area (Å²) in [5, 5.41) is 3.02. The molecular formula is C12H22N2O. The fourth-order valence-electron chi connectivity index (χ4n) is 2.02. The van der Waals surface area contributed by atoms with Gasteiger partial charge in [0.2, 0.25) is 5.91 Å². The van der Waals surface area contributed by atoms with E-state index in [2.05, 4.69) is 5.32 Å². The highest BCUT2D eigenvalue weighted by atomic mass is 16.1. The molecule has 1 saturated carbocycles. The van der Waals surface area contributed by atoms with Crippen molar-refractivity contribution in [2.45, 2.75) is 58.0 Å². The van der Waals surface area contributed by atoms with Crippen molar-refractivity contribution in [2.24, 2.45) is 5.73 Å². The fraction of sp³-hybridized carbons (Fsp3) is 0.750. The number of nitrogens with two attached hydrogens (primary N) is 1. The Hall–Kier alpha value is -0.830. The van der Waals surface area contributed by atoms with Gasteiger partial charge in [0.15, 0.2) is 0 Å². The second kappa shape index (κ2) is 5.91.